The first-order valence-corrected chi connectivity index (χ1v) is 10.6. The molecule has 28 heavy (non-hydrogen) atoms. The second-order valence-corrected chi connectivity index (χ2v) is 7.95. The lowest BCUT2D eigenvalue weighted by atomic mass is 10.1. The zero-order valence-electron chi connectivity index (χ0n) is 15.9. The number of para-hydroxylation sites is 1. The molecule has 0 bridgehead atoms. The molecule has 3 amide bonds. The van der Waals surface area contributed by atoms with Gasteiger partial charge in [0.25, 0.3) is 0 Å². The molecule has 0 spiro atoms. The number of nitrogens with zero attached hydrogens (tertiary/aromatic N) is 1. The van der Waals surface area contributed by atoms with Crippen molar-refractivity contribution in [2.45, 2.75) is 37.9 Å². The van der Waals surface area contributed by atoms with Crippen molar-refractivity contribution in [2.75, 3.05) is 16.0 Å². The van der Waals surface area contributed by atoms with Crippen LogP contribution in [0.4, 0.5) is 11.4 Å². The molecule has 1 fully saturated rings. The number of imide groups is 1. The molecule has 2 aromatic carbocycles. The zero-order chi connectivity index (χ0) is 19.9. The van der Waals surface area contributed by atoms with Gasteiger partial charge in [-0.05, 0) is 42.7 Å². The maximum Gasteiger partial charge on any atom is 0.247 e. The number of aryl methyl sites for hydroxylation is 1. The van der Waals surface area contributed by atoms with E-state index in [2.05, 4.69) is 12.2 Å². The lowest BCUT2D eigenvalue weighted by Gasteiger charge is -2.14. The number of nitrogens with one attached hydrogen (secondary N) is 1. The van der Waals surface area contributed by atoms with Crippen LogP contribution in [-0.4, -0.2) is 28.7 Å². The van der Waals surface area contributed by atoms with Gasteiger partial charge in [0.15, 0.2) is 0 Å². The van der Waals surface area contributed by atoms with Gasteiger partial charge in [0.2, 0.25) is 17.7 Å². The van der Waals surface area contributed by atoms with Crippen LogP contribution in [0.25, 0.3) is 0 Å². The van der Waals surface area contributed by atoms with Crippen LogP contribution in [0.5, 0.6) is 0 Å². The summed E-state index contributed by atoms with van der Waals surface area (Å²) < 4.78 is 0. The summed E-state index contributed by atoms with van der Waals surface area (Å²) in [6, 6.07) is 16.7. The SMILES string of the molecule is CCCCc1ccc(NC(=O)CS[C@@H]2CC(=O)N(c3ccccc3)C2=O)cc1. The molecule has 1 heterocycles. The summed E-state index contributed by atoms with van der Waals surface area (Å²) in [7, 11) is 0. The third kappa shape index (κ3) is 5.01. The molecular weight excluding hydrogens is 372 g/mol. The third-order valence-corrected chi connectivity index (χ3v) is 5.79. The molecule has 1 N–H and O–H groups in total. The number of hydrogen-bond donors (Lipinski definition) is 1. The third-order valence-electron chi connectivity index (χ3n) is 4.59. The fourth-order valence-corrected chi connectivity index (χ4v) is 4.02. The predicted molar refractivity (Wildman–Crippen MR) is 113 cm³/mol. The molecule has 0 radical (unpaired) electrons. The Hall–Kier alpha value is -2.60. The molecule has 0 aromatic heterocycles. The van der Waals surface area contributed by atoms with Crippen LogP contribution < -0.4 is 10.2 Å². The van der Waals surface area contributed by atoms with Gasteiger partial charge >= 0.3 is 0 Å². The topological polar surface area (TPSA) is 66.5 Å². The average Bonchev–Trinajstić information content (AvgIpc) is 3.00. The van der Waals surface area contributed by atoms with Crippen molar-refractivity contribution in [3.8, 4) is 0 Å². The van der Waals surface area contributed by atoms with Crippen molar-refractivity contribution in [1.29, 1.82) is 0 Å². The Bertz CT molecular complexity index is 837. The number of carbonyl (C=O) groups is 3. The van der Waals surface area contributed by atoms with E-state index in [-0.39, 0.29) is 29.9 Å². The van der Waals surface area contributed by atoms with Crippen LogP contribution in [-0.2, 0) is 20.8 Å². The van der Waals surface area contributed by atoms with E-state index in [1.54, 1.807) is 24.3 Å². The highest BCUT2D eigenvalue weighted by molar-refractivity contribution is 8.01. The van der Waals surface area contributed by atoms with Crippen LogP contribution in [0.15, 0.2) is 54.6 Å². The molecule has 6 heteroatoms. The number of anilines is 2. The van der Waals surface area contributed by atoms with Gasteiger partial charge in [-0.25, -0.2) is 4.90 Å². The van der Waals surface area contributed by atoms with Crippen LogP contribution >= 0.6 is 11.8 Å². The van der Waals surface area contributed by atoms with Gasteiger partial charge in [-0.3, -0.25) is 14.4 Å². The van der Waals surface area contributed by atoms with Crippen LogP contribution in [0.1, 0.15) is 31.7 Å². The zero-order valence-corrected chi connectivity index (χ0v) is 16.7. The first-order chi connectivity index (χ1) is 13.6. The maximum absolute atomic E-state index is 12.6. The largest absolute Gasteiger partial charge is 0.325 e. The van der Waals surface area contributed by atoms with Gasteiger partial charge in [-0.1, -0.05) is 43.7 Å². The van der Waals surface area contributed by atoms with Gasteiger partial charge in [-0.15, -0.1) is 11.8 Å². The molecule has 0 saturated carbocycles. The predicted octanol–water partition coefficient (Wildman–Crippen LogP) is 4.03. The summed E-state index contributed by atoms with van der Waals surface area (Å²) in [6.45, 7) is 2.16. The Kier molecular flexibility index (Phi) is 6.87. The number of unbranched alkanes of at least 4 members (excludes halogenated alkanes) is 1. The van der Waals surface area contributed by atoms with E-state index in [1.165, 1.54) is 22.2 Å². The molecule has 2 aromatic rings. The lowest BCUT2D eigenvalue weighted by Crippen LogP contribution is -2.31. The maximum atomic E-state index is 12.6. The fraction of sp³-hybridized carbons (Fsp3) is 0.318. The van der Waals surface area contributed by atoms with Crippen LogP contribution in [0.2, 0.25) is 0 Å². The number of thioether (sulfide) groups is 1. The van der Waals surface area contributed by atoms with E-state index in [0.717, 1.165) is 24.9 Å². The van der Waals surface area contributed by atoms with Crippen molar-refractivity contribution in [1.82, 2.24) is 0 Å². The van der Waals surface area contributed by atoms with Crippen LogP contribution in [0.3, 0.4) is 0 Å². The fourth-order valence-electron chi connectivity index (χ4n) is 3.09. The minimum atomic E-state index is -0.519. The average molecular weight is 397 g/mol. The van der Waals surface area contributed by atoms with Crippen molar-refractivity contribution in [3.05, 3.63) is 60.2 Å². The van der Waals surface area contributed by atoms with E-state index in [4.69, 9.17) is 0 Å². The Morgan fingerprint density at radius 1 is 1.11 bits per heavy atom. The highest BCUT2D eigenvalue weighted by atomic mass is 32.2. The summed E-state index contributed by atoms with van der Waals surface area (Å²) in [5.41, 5.74) is 2.57. The first-order valence-electron chi connectivity index (χ1n) is 9.50. The van der Waals surface area contributed by atoms with E-state index in [0.29, 0.717) is 5.69 Å². The van der Waals surface area contributed by atoms with Crippen molar-refractivity contribution in [3.63, 3.8) is 0 Å². The first kappa shape index (κ1) is 20.1. The highest BCUT2D eigenvalue weighted by Crippen LogP contribution is 2.29. The molecule has 1 aliphatic rings. The summed E-state index contributed by atoms with van der Waals surface area (Å²) >= 11 is 1.21. The van der Waals surface area contributed by atoms with Gasteiger partial charge in [0, 0.05) is 12.1 Å². The minimum Gasteiger partial charge on any atom is -0.325 e. The monoisotopic (exact) mass is 396 g/mol. The summed E-state index contributed by atoms with van der Waals surface area (Å²) in [6.07, 6.45) is 3.46. The number of hydrogen-bond acceptors (Lipinski definition) is 4. The molecule has 1 aliphatic heterocycles. The lowest BCUT2D eigenvalue weighted by molar-refractivity contribution is -0.121. The van der Waals surface area contributed by atoms with Crippen LogP contribution in [0, 0.1) is 0 Å². The minimum absolute atomic E-state index is 0.123. The van der Waals surface area contributed by atoms with Crippen molar-refractivity contribution < 1.29 is 14.4 Å². The normalized spacial score (nSPS) is 16.5. The summed E-state index contributed by atoms with van der Waals surface area (Å²) in [5.74, 6) is -0.528. The number of amides is 3. The Morgan fingerprint density at radius 3 is 2.50 bits per heavy atom. The van der Waals surface area contributed by atoms with E-state index >= 15 is 0 Å². The summed E-state index contributed by atoms with van der Waals surface area (Å²) in [5, 5.41) is 2.33. The molecule has 0 aliphatic carbocycles. The highest BCUT2D eigenvalue weighted by Gasteiger charge is 2.39. The molecular formula is C22H24N2O3S. The Balaban J connectivity index is 1.51. The van der Waals surface area contributed by atoms with Gasteiger partial charge in [0.05, 0.1) is 16.7 Å². The van der Waals surface area contributed by atoms with Gasteiger partial charge < -0.3 is 5.32 Å². The number of benzene rings is 2. The van der Waals surface area contributed by atoms with Gasteiger partial charge in [0.1, 0.15) is 0 Å². The summed E-state index contributed by atoms with van der Waals surface area (Å²) in [4.78, 5) is 38.2. The molecule has 1 atom stereocenters. The standard InChI is InChI=1S/C22H24N2O3S/c1-2-3-7-16-10-12-17(13-11-16)23-20(25)15-28-19-14-21(26)24(22(19)27)18-8-5-4-6-9-18/h4-6,8-13,19H,2-3,7,14-15H2,1H3,(H,23,25)/t19-/m1/s1. The van der Waals surface area contributed by atoms with Gasteiger partial charge in [-0.2, -0.15) is 0 Å². The molecule has 5 nitrogen and oxygen atoms in total. The molecule has 3 rings (SSSR count). The van der Waals surface area contributed by atoms with E-state index in [1.807, 2.05) is 30.3 Å². The quantitative estimate of drug-likeness (QED) is 0.684. The smallest absolute Gasteiger partial charge is 0.247 e. The molecule has 0 unspecified atom stereocenters. The van der Waals surface area contributed by atoms with Crippen molar-refractivity contribution >= 4 is 40.9 Å². The second kappa shape index (κ2) is 9.55. The number of carbonyl (C=O) groups excluding carboxylic acids is 3. The Morgan fingerprint density at radius 2 is 1.82 bits per heavy atom. The molecule has 1 saturated heterocycles. The van der Waals surface area contributed by atoms with E-state index in [9.17, 15) is 14.4 Å². The van der Waals surface area contributed by atoms with E-state index < -0.39 is 5.25 Å². The van der Waals surface area contributed by atoms with Crippen molar-refractivity contribution in [2.24, 2.45) is 0 Å². The molecule has 146 valence electrons. The number of rotatable bonds is 8. The Labute approximate surface area is 169 Å². The second-order valence-electron chi connectivity index (χ2n) is 6.76.